The third-order valence-corrected chi connectivity index (χ3v) is 4.73. The molecular weight excluding hydrogens is 365 g/mol. The van der Waals surface area contributed by atoms with E-state index in [0.717, 1.165) is 0 Å². The first-order chi connectivity index (χ1) is 10.8. The zero-order valence-electron chi connectivity index (χ0n) is 12.0. The maximum absolute atomic E-state index is 11.9. The smallest absolute Gasteiger partial charge is 0.251 e. The van der Waals surface area contributed by atoms with Crippen LogP contribution in [0.5, 0.6) is 0 Å². The molecule has 1 heterocycles. The molecule has 0 fully saturated rings. The predicted molar refractivity (Wildman–Crippen MR) is 87.4 cm³/mol. The Balaban J connectivity index is 1.88. The van der Waals surface area contributed by atoms with Gasteiger partial charge in [-0.3, -0.25) is 9.52 Å². The van der Waals surface area contributed by atoms with Gasteiger partial charge in [0.2, 0.25) is 10.0 Å². The van der Waals surface area contributed by atoms with Crippen LogP contribution in [0.25, 0.3) is 0 Å². The average Bonchev–Trinajstić information content (AvgIpc) is 2.85. The van der Waals surface area contributed by atoms with E-state index in [0.29, 0.717) is 10.8 Å². The van der Waals surface area contributed by atoms with Gasteiger partial charge >= 0.3 is 0 Å². The summed E-state index contributed by atoms with van der Waals surface area (Å²) in [6, 6.07) is 5.84. The molecule has 0 aliphatic carbocycles. The van der Waals surface area contributed by atoms with Crippen molar-refractivity contribution in [3.63, 3.8) is 0 Å². The zero-order valence-corrected chi connectivity index (χ0v) is 14.3. The van der Waals surface area contributed by atoms with Crippen molar-refractivity contribution in [2.75, 3.05) is 17.0 Å². The summed E-state index contributed by atoms with van der Waals surface area (Å²) in [7, 11) is -3.65. The van der Waals surface area contributed by atoms with E-state index < -0.39 is 15.9 Å². The predicted octanol–water partition coefficient (Wildman–Crippen LogP) is 2.46. The number of rotatable bonds is 6. The highest BCUT2D eigenvalue weighted by molar-refractivity contribution is 7.92. The third kappa shape index (κ3) is 5.12. The third-order valence-electron chi connectivity index (χ3n) is 2.73. The normalized spacial score (nSPS) is 11.3. The zero-order chi connectivity index (χ0) is 17.0. The van der Waals surface area contributed by atoms with E-state index in [1.165, 1.54) is 24.3 Å². The maximum atomic E-state index is 11.9. The van der Waals surface area contributed by atoms with Gasteiger partial charge in [-0.2, -0.15) is 0 Å². The summed E-state index contributed by atoms with van der Waals surface area (Å²) in [5.41, 5.74) is 0.289. The fourth-order valence-electron chi connectivity index (χ4n) is 1.66. The first-order valence-electron chi connectivity index (χ1n) is 6.44. The lowest BCUT2D eigenvalue weighted by molar-refractivity contribution is 0.0956. The van der Waals surface area contributed by atoms with E-state index in [2.05, 4.69) is 15.2 Å². The summed E-state index contributed by atoms with van der Waals surface area (Å²) in [6.45, 7) is 1.56. The molecule has 124 valence electrons. The van der Waals surface area contributed by atoms with Crippen molar-refractivity contribution in [1.82, 2.24) is 10.5 Å². The molecule has 7 nitrogen and oxygen atoms in total. The Hall–Kier alpha value is -1.77. The minimum atomic E-state index is -3.65. The van der Waals surface area contributed by atoms with Gasteiger partial charge in [0.25, 0.3) is 5.91 Å². The van der Waals surface area contributed by atoms with Gasteiger partial charge < -0.3 is 9.84 Å². The van der Waals surface area contributed by atoms with Crippen LogP contribution in [0.1, 0.15) is 16.1 Å². The summed E-state index contributed by atoms with van der Waals surface area (Å²) >= 11 is 11.6. The van der Waals surface area contributed by atoms with Crippen LogP contribution in [0.2, 0.25) is 10.0 Å². The second-order valence-electron chi connectivity index (χ2n) is 4.63. The number of carbonyl (C=O) groups excluding carboxylic acids is 1. The fourth-order valence-corrected chi connectivity index (χ4v) is 2.85. The molecule has 10 heteroatoms. The first-order valence-corrected chi connectivity index (χ1v) is 8.85. The van der Waals surface area contributed by atoms with E-state index >= 15 is 0 Å². The number of nitrogens with zero attached hydrogens (tertiary/aromatic N) is 1. The lowest BCUT2D eigenvalue weighted by Gasteiger charge is -2.07. The minimum Gasteiger partial charge on any atom is -0.360 e. The van der Waals surface area contributed by atoms with Gasteiger partial charge in [0, 0.05) is 18.2 Å². The van der Waals surface area contributed by atoms with Crippen molar-refractivity contribution in [3.8, 4) is 0 Å². The van der Waals surface area contributed by atoms with E-state index in [9.17, 15) is 13.2 Å². The topological polar surface area (TPSA) is 101 Å². The monoisotopic (exact) mass is 377 g/mol. The molecule has 0 spiro atoms. The van der Waals surface area contributed by atoms with Crippen molar-refractivity contribution in [2.45, 2.75) is 6.92 Å². The van der Waals surface area contributed by atoms with Gasteiger partial charge in [-0.1, -0.05) is 28.4 Å². The Kier molecular flexibility index (Phi) is 5.51. The molecule has 1 aromatic heterocycles. The number of aryl methyl sites for hydroxylation is 1. The van der Waals surface area contributed by atoms with E-state index in [4.69, 9.17) is 27.7 Å². The quantitative estimate of drug-likeness (QED) is 0.804. The maximum Gasteiger partial charge on any atom is 0.251 e. The molecule has 0 saturated carbocycles. The van der Waals surface area contributed by atoms with Crippen LogP contribution in [0.15, 0.2) is 28.8 Å². The number of carbonyl (C=O) groups is 1. The van der Waals surface area contributed by atoms with Gasteiger partial charge in [-0.25, -0.2) is 8.42 Å². The highest BCUT2D eigenvalue weighted by atomic mass is 35.5. The SMILES string of the molecule is Cc1cc(NS(=O)(=O)CCNC(=O)c2ccc(Cl)c(Cl)c2)no1. The summed E-state index contributed by atoms with van der Waals surface area (Å²) in [6.07, 6.45) is 0. The first kappa shape index (κ1) is 17.6. The summed E-state index contributed by atoms with van der Waals surface area (Å²) in [5.74, 6) is -0.184. The number of anilines is 1. The number of halogens is 2. The van der Waals surface area contributed by atoms with Gasteiger partial charge in [0.05, 0.1) is 15.8 Å². The van der Waals surface area contributed by atoms with Crippen molar-refractivity contribution < 1.29 is 17.7 Å². The highest BCUT2D eigenvalue weighted by Gasteiger charge is 2.14. The standard InChI is InChI=1S/C13H13Cl2N3O4S/c1-8-6-12(17-22-8)18-23(20,21)5-4-16-13(19)9-2-3-10(14)11(15)7-9/h2-3,6-7H,4-5H2,1H3,(H,16,19)(H,17,18). The molecule has 0 aliphatic rings. The molecular formula is C13H13Cl2N3O4S. The number of nitrogens with one attached hydrogen (secondary N) is 2. The lowest BCUT2D eigenvalue weighted by Crippen LogP contribution is -2.31. The van der Waals surface area contributed by atoms with Crippen LogP contribution in [-0.2, 0) is 10.0 Å². The molecule has 0 unspecified atom stereocenters. The Morgan fingerprint density at radius 1 is 1.26 bits per heavy atom. The number of sulfonamides is 1. The number of aromatic nitrogens is 1. The van der Waals surface area contributed by atoms with Gasteiger partial charge in [0.15, 0.2) is 5.82 Å². The van der Waals surface area contributed by atoms with E-state index in [1.807, 2.05) is 0 Å². The molecule has 0 bridgehead atoms. The lowest BCUT2D eigenvalue weighted by atomic mass is 10.2. The van der Waals surface area contributed by atoms with Crippen molar-refractivity contribution >= 4 is 45.0 Å². The second kappa shape index (κ2) is 7.20. The molecule has 1 aromatic carbocycles. The molecule has 0 radical (unpaired) electrons. The van der Waals surface area contributed by atoms with Crippen LogP contribution >= 0.6 is 23.2 Å². The molecule has 2 aromatic rings. The summed E-state index contributed by atoms with van der Waals surface area (Å²) < 4.78 is 30.7. The van der Waals surface area contributed by atoms with Gasteiger partial charge in [-0.05, 0) is 25.1 Å². The van der Waals surface area contributed by atoms with E-state index in [1.54, 1.807) is 6.92 Å². The molecule has 2 rings (SSSR count). The molecule has 0 saturated heterocycles. The fraction of sp³-hybridized carbons (Fsp3) is 0.231. The van der Waals surface area contributed by atoms with Crippen LogP contribution in [0.4, 0.5) is 5.82 Å². The largest absolute Gasteiger partial charge is 0.360 e. The summed E-state index contributed by atoms with van der Waals surface area (Å²) in [4.78, 5) is 11.9. The van der Waals surface area contributed by atoms with E-state index in [-0.39, 0.29) is 28.7 Å². The molecule has 23 heavy (non-hydrogen) atoms. The molecule has 0 atom stereocenters. The van der Waals surface area contributed by atoms with Crippen molar-refractivity contribution in [1.29, 1.82) is 0 Å². The molecule has 0 aliphatic heterocycles. The summed E-state index contributed by atoms with van der Waals surface area (Å²) in [5, 5.41) is 6.60. The Labute approximate surface area is 143 Å². The number of hydrogen-bond donors (Lipinski definition) is 2. The molecule has 1 amide bonds. The van der Waals surface area contributed by atoms with Crippen molar-refractivity contribution in [3.05, 3.63) is 45.6 Å². The van der Waals surface area contributed by atoms with Gasteiger partial charge in [-0.15, -0.1) is 0 Å². The highest BCUT2D eigenvalue weighted by Crippen LogP contribution is 2.22. The van der Waals surface area contributed by atoms with Crippen LogP contribution in [0, 0.1) is 6.92 Å². The number of amides is 1. The minimum absolute atomic E-state index is 0.0781. The van der Waals surface area contributed by atoms with Crippen molar-refractivity contribution in [2.24, 2.45) is 0 Å². The van der Waals surface area contributed by atoms with Crippen LogP contribution in [-0.4, -0.2) is 31.8 Å². The Morgan fingerprint density at radius 3 is 2.61 bits per heavy atom. The Bertz CT molecular complexity index is 820. The molecule has 2 N–H and O–H groups in total. The van der Waals surface area contributed by atoms with Gasteiger partial charge in [0.1, 0.15) is 5.76 Å². The number of benzene rings is 1. The second-order valence-corrected chi connectivity index (χ2v) is 7.28. The van der Waals surface area contributed by atoms with Crippen LogP contribution in [0.3, 0.4) is 0 Å². The Morgan fingerprint density at radius 2 is 2.00 bits per heavy atom. The average molecular weight is 378 g/mol. The number of hydrogen-bond acceptors (Lipinski definition) is 5. The van der Waals surface area contributed by atoms with Crippen LogP contribution < -0.4 is 10.0 Å².